The molecule has 0 bridgehead atoms. The number of hydrogen-bond donors (Lipinski definition) is 1. The minimum absolute atomic E-state index is 0. The Kier molecular flexibility index (Phi) is 5.29. The number of rotatable bonds is 1. The molecule has 1 aliphatic carbocycles. The van der Waals surface area contributed by atoms with Gasteiger partial charge in [-0.1, -0.05) is 11.6 Å². The fourth-order valence-electron chi connectivity index (χ4n) is 2.16. The minimum atomic E-state index is 0. The Labute approximate surface area is 124 Å². The molecule has 2 N–H and O–H groups in total. The highest BCUT2D eigenvalue weighted by Crippen LogP contribution is 2.33. The average molecular weight is 309 g/mol. The van der Waals surface area contributed by atoms with E-state index in [2.05, 4.69) is 9.89 Å². The van der Waals surface area contributed by atoms with Crippen LogP contribution in [0.3, 0.4) is 0 Å². The second-order valence-electron chi connectivity index (χ2n) is 4.51. The summed E-state index contributed by atoms with van der Waals surface area (Å²) in [7, 11) is 0. The van der Waals surface area contributed by atoms with E-state index in [-0.39, 0.29) is 24.8 Å². The van der Waals surface area contributed by atoms with E-state index in [1.165, 1.54) is 18.4 Å². The number of nitrogens with zero attached hydrogens (tertiary/aromatic N) is 2. The molecule has 3 rings (SSSR count). The van der Waals surface area contributed by atoms with Crippen molar-refractivity contribution in [3.05, 3.63) is 28.8 Å². The van der Waals surface area contributed by atoms with Gasteiger partial charge in [0.25, 0.3) is 0 Å². The monoisotopic (exact) mass is 307 g/mol. The molecule has 0 amide bonds. The molecular weight excluding hydrogens is 293 g/mol. The van der Waals surface area contributed by atoms with Gasteiger partial charge in [-0.25, -0.2) is 4.99 Å². The highest BCUT2D eigenvalue weighted by Gasteiger charge is 2.30. The van der Waals surface area contributed by atoms with Crippen LogP contribution in [-0.2, 0) is 6.54 Å². The standard InChI is InChI=1S/C12H14ClN3.2ClH/c13-9-1-4-11-8(5-9)6-16(10-2-3-10)7-12(14)15-11;;/h1,4-5,10H,2-3,6-7H2,(H2,14,15);2*1H. The summed E-state index contributed by atoms with van der Waals surface area (Å²) in [6, 6.07) is 6.50. The summed E-state index contributed by atoms with van der Waals surface area (Å²) in [5, 5.41) is 0.769. The van der Waals surface area contributed by atoms with Gasteiger partial charge in [0.15, 0.2) is 0 Å². The molecule has 0 radical (unpaired) electrons. The van der Waals surface area contributed by atoms with Gasteiger partial charge in [-0.05, 0) is 36.6 Å². The summed E-state index contributed by atoms with van der Waals surface area (Å²) in [6.07, 6.45) is 2.56. The smallest absolute Gasteiger partial charge is 0.114 e. The predicted molar refractivity (Wildman–Crippen MR) is 80.7 cm³/mol. The van der Waals surface area contributed by atoms with Crippen LogP contribution in [0.25, 0.3) is 0 Å². The third-order valence-electron chi connectivity index (χ3n) is 3.11. The zero-order valence-corrected chi connectivity index (χ0v) is 12.2. The van der Waals surface area contributed by atoms with Crippen LogP contribution in [0.2, 0.25) is 5.02 Å². The molecule has 18 heavy (non-hydrogen) atoms. The number of nitrogens with two attached hydrogens (primary N) is 1. The molecule has 0 spiro atoms. The molecule has 6 heteroatoms. The first-order valence-electron chi connectivity index (χ1n) is 5.58. The maximum absolute atomic E-state index is 6.01. The highest BCUT2D eigenvalue weighted by molar-refractivity contribution is 6.30. The summed E-state index contributed by atoms with van der Waals surface area (Å²) in [5.74, 6) is 0.702. The SMILES string of the molecule is Cl.Cl.NC1=Nc2ccc(Cl)cc2CN(C2CC2)C1. The summed E-state index contributed by atoms with van der Waals surface area (Å²) in [4.78, 5) is 6.83. The van der Waals surface area contributed by atoms with E-state index in [1.807, 2.05) is 18.2 Å². The van der Waals surface area contributed by atoms with E-state index in [0.717, 1.165) is 23.8 Å². The van der Waals surface area contributed by atoms with Crippen molar-refractivity contribution in [3.63, 3.8) is 0 Å². The quantitative estimate of drug-likeness (QED) is 0.866. The van der Waals surface area contributed by atoms with Crippen LogP contribution in [0.4, 0.5) is 5.69 Å². The van der Waals surface area contributed by atoms with Crippen LogP contribution >= 0.6 is 36.4 Å². The predicted octanol–water partition coefficient (Wildman–Crippen LogP) is 3.15. The summed E-state index contributed by atoms with van der Waals surface area (Å²) in [5.41, 5.74) is 8.06. The van der Waals surface area contributed by atoms with E-state index >= 15 is 0 Å². The van der Waals surface area contributed by atoms with E-state index in [4.69, 9.17) is 17.3 Å². The summed E-state index contributed by atoms with van der Waals surface area (Å²) in [6.45, 7) is 1.68. The average Bonchev–Trinajstić information content (AvgIpc) is 3.02. The first-order valence-corrected chi connectivity index (χ1v) is 5.96. The zero-order valence-electron chi connectivity index (χ0n) is 9.80. The van der Waals surface area contributed by atoms with Gasteiger partial charge in [0, 0.05) is 17.6 Å². The number of benzene rings is 1. The maximum atomic E-state index is 6.01. The lowest BCUT2D eigenvalue weighted by molar-refractivity contribution is 0.294. The number of fused-ring (bicyclic) bond motifs is 1. The molecule has 2 aliphatic rings. The van der Waals surface area contributed by atoms with Crippen LogP contribution in [-0.4, -0.2) is 23.3 Å². The van der Waals surface area contributed by atoms with Crippen LogP contribution in [0, 0.1) is 0 Å². The van der Waals surface area contributed by atoms with Crippen molar-refractivity contribution in [2.24, 2.45) is 10.7 Å². The molecular formula is C12H16Cl3N3. The van der Waals surface area contributed by atoms with Crippen molar-refractivity contribution in [3.8, 4) is 0 Å². The van der Waals surface area contributed by atoms with Crippen LogP contribution in [0.15, 0.2) is 23.2 Å². The molecule has 0 saturated heterocycles. The van der Waals surface area contributed by atoms with Gasteiger partial charge in [-0.3, -0.25) is 4.90 Å². The van der Waals surface area contributed by atoms with Crippen molar-refractivity contribution in [1.29, 1.82) is 0 Å². The third-order valence-corrected chi connectivity index (χ3v) is 3.34. The van der Waals surface area contributed by atoms with Crippen molar-refractivity contribution >= 4 is 47.9 Å². The maximum Gasteiger partial charge on any atom is 0.114 e. The van der Waals surface area contributed by atoms with E-state index in [1.54, 1.807) is 0 Å². The minimum Gasteiger partial charge on any atom is -0.386 e. The molecule has 1 aromatic rings. The number of halogens is 3. The van der Waals surface area contributed by atoms with Crippen molar-refractivity contribution < 1.29 is 0 Å². The lowest BCUT2D eigenvalue weighted by Gasteiger charge is -2.19. The number of amidine groups is 1. The molecule has 1 heterocycles. The molecule has 0 aromatic heterocycles. The first kappa shape index (κ1) is 15.6. The van der Waals surface area contributed by atoms with Crippen molar-refractivity contribution in [2.45, 2.75) is 25.4 Å². The van der Waals surface area contributed by atoms with Crippen LogP contribution in [0.5, 0.6) is 0 Å². The Balaban J connectivity index is 0.000000810. The fourth-order valence-corrected chi connectivity index (χ4v) is 2.36. The van der Waals surface area contributed by atoms with Crippen LogP contribution in [0.1, 0.15) is 18.4 Å². The Morgan fingerprint density at radius 1 is 1.22 bits per heavy atom. The summed E-state index contributed by atoms with van der Waals surface area (Å²) >= 11 is 6.01. The lowest BCUT2D eigenvalue weighted by atomic mass is 10.1. The van der Waals surface area contributed by atoms with Gasteiger partial charge < -0.3 is 5.73 Å². The molecule has 0 unspecified atom stereocenters. The lowest BCUT2D eigenvalue weighted by Crippen LogP contribution is -2.33. The molecule has 3 nitrogen and oxygen atoms in total. The number of aliphatic imine (C=N–C) groups is 1. The third kappa shape index (κ3) is 3.29. The number of hydrogen-bond acceptors (Lipinski definition) is 3. The second kappa shape index (κ2) is 6.11. The molecule has 0 atom stereocenters. The van der Waals surface area contributed by atoms with E-state index in [9.17, 15) is 0 Å². The van der Waals surface area contributed by atoms with Gasteiger partial charge in [0.1, 0.15) is 5.84 Å². The topological polar surface area (TPSA) is 41.6 Å². The fraction of sp³-hybridized carbons (Fsp3) is 0.417. The Morgan fingerprint density at radius 3 is 2.61 bits per heavy atom. The highest BCUT2D eigenvalue weighted by atomic mass is 35.5. The summed E-state index contributed by atoms with van der Waals surface area (Å²) < 4.78 is 0. The van der Waals surface area contributed by atoms with Gasteiger partial charge in [-0.2, -0.15) is 0 Å². The molecule has 100 valence electrons. The molecule has 1 aromatic carbocycles. The van der Waals surface area contributed by atoms with Crippen molar-refractivity contribution in [1.82, 2.24) is 4.90 Å². The molecule has 1 fully saturated rings. The normalized spacial score (nSPS) is 18.8. The second-order valence-corrected chi connectivity index (χ2v) is 4.95. The first-order chi connectivity index (χ1) is 7.72. The van der Waals surface area contributed by atoms with Gasteiger partial charge in [0.2, 0.25) is 0 Å². The molecule has 1 aliphatic heterocycles. The van der Waals surface area contributed by atoms with Gasteiger partial charge in [-0.15, -0.1) is 24.8 Å². The Bertz CT molecular complexity index is 458. The van der Waals surface area contributed by atoms with Crippen molar-refractivity contribution in [2.75, 3.05) is 6.54 Å². The Hall–Kier alpha value is -0.480. The molecule has 1 saturated carbocycles. The van der Waals surface area contributed by atoms with Gasteiger partial charge >= 0.3 is 0 Å². The Morgan fingerprint density at radius 2 is 1.94 bits per heavy atom. The van der Waals surface area contributed by atoms with E-state index in [0.29, 0.717) is 11.9 Å². The van der Waals surface area contributed by atoms with Crippen LogP contribution < -0.4 is 5.73 Å². The largest absolute Gasteiger partial charge is 0.386 e. The van der Waals surface area contributed by atoms with E-state index < -0.39 is 0 Å². The zero-order chi connectivity index (χ0) is 11.1. The van der Waals surface area contributed by atoms with Gasteiger partial charge in [0.05, 0.1) is 12.2 Å².